The van der Waals surface area contributed by atoms with Gasteiger partial charge < -0.3 is 19.9 Å². The molecule has 0 saturated carbocycles. The summed E-state index contributed by atoms with van der Waals surface area (Å²) in [5.41, 5.74) is 1.97. The van der Waals surface area contributed by atoms with Crippen molar-refractivity contribution in [2.75, 3.05) is 13.7 Å². The number of aliphatic hydroxyl groups is 1. The molecule has 24 heavy (non-hydrogen) atoms. The molecule has 0 aliphatic carbocycles. The first-order chi connectivity index (χ1) is 11.1. The highest BCUT2D eigenvalue weighted by atomic mass is 35.5. The fourth-order valence-corrected chi connectivity index (χ4v) is 2.45. The molecule has 0 aliphatic heterocycles. The summed E-state index contributed by atoms with van der Waals surface area (Å²) in [6, 6.07) is 13.5. The number of halogens is 2. The summed E-state index contributed by atoms with van der Waals surface area (Å²) < 4.78 is 11.4. The number of hydrogen-bond donors (Lipinski definition) is 2. The summed E-state index contributed by atoms with van der Waals surface area (Å²) in [5.74, 6) is 1.26. The Labute approximate surface area is 154 Å². The second-order valence-corrected chi connectivity index (χ2v) is 5.79. The van der Waals surface area contributed by atoms with Gasteiger partial charge in [0.15, 0.2) is 11.5 Å². The van der Waals surface area contributed by atoms with Gasteiger partial charge in [0, 0.05) is 29.7 Å². The monoisotopic (exact) mass is 371 g/mol. The van der Waals surface area contributed by atoms with Gasteiger partial charge in [0.2, 0.25) is 0 Å². The number of nitrogens with one attached hydrogen (secondary N) is 1. The highest BCUT2D eigenvalue weighted by Crippen LogP contribution is 2.35. The molecule has 4 nitrogen and oxygen atoms in total. The van der Waals surface area contributed by atoms with E-state index in [2.05, 4.69) is 5.32 Å². The van der Waals surface area contributed by atoms with Crippen LogP contribution in [0.4, 0.5) is 0 Å². The predicted molar refractivity (Wildman–Crippen MR) is 99.4 cm³/mol. The van der Waals surface area contributed by atoms with Crippen LogP contribution in [0.25, 0.3) is 0 Å². The molecule has 0 aliphatic rings. The molecule has 2 rings (SSSR count). The summed E-state index contributed by atoms with van der Waals surface area (Å²) in [7, 11) is 1.59. The molecule has 0 fully saturated rings. The third-order valence-corrected chi connectivity index (χ3v) is 3.52. The number of aliphatic hydroxyl groups excluding tert-OH is 1. The van der Waals surface area contributed by atoms with E-state index in [1.807, 2.05) is 36.4 Å². The molecule has 2 aromatic carbocycles. The molecule has 0 radical (unpaired) electrons. The lowest BCUT2D eigenvalue weighted by atomic mass is 10.1. The Bertz CT molecular complexity index is 621. The van der Waals surface area contributed by atoms with Crippen LogP contribution in [0.15, 0.2) is 42.5 Å². The molecular formula is C18H23Cl2NO3. The summed E-state index contributed by atoms with van der Waals surface area (Å²) in [6.07, 6.45) is -0.412. The molecule has 1 atom stereocenters. The fourth-order valence-electron chi connectivity index (χ4n) is 2.21. The summed E-state index contributed by atoms with van der Waals surface area (Å²) >= 11 is 6.15. The van der Waals surface area contributed by atoms with Crippen LogP contribution in [-0.2, 0) is 13.2 Å². The zero-order chi connectivity index (χ0) is 16.7. The van der Waals surface area contributed by atoms with Crippen LogP contribution in [-0.4, -0.2) is 24.9 Å². The SMILES string of the molecule is COc1cc(Cl)cc(CNCC(C)O)c1OCc1ccccc1.Cl. The number of rotatable bonds is 8. The van der Waals surface area contributed by atoms with Gasteiger partial charge in [-0.25, -0.2) is 0 Å². The molecule has 0 heterocycles. The lowest BCUT2D eigenvalue weighted by Crippen LogP contribution is -2.24. The van der Waals surface area contributed by atoms with E-state index in [-0.39, 0.29) is 12.4 Å². The van der Waals surface area contributed by atoms with Crippen molar-refractivity contribution >= 4 is 24.0 Å². The summed E-state index contributed by atoms with van der Waals surface area (Å²) in [5, 5.41) is 13.1. The minimum Gasteiger partial charge on any atom is -0.493 e. The van der Waals surface area contributed by atoms with E-state index < -0.39 is 6.10 Å². The molecule has 0 amide bonds. The van der Waals surface area contributed by atoms with Crippen molar-refractivity contribution in [3.05, 3.63) is 58.6 Å². The predicted octanol–water partition coefficient (Wildman–Crippen LogP) is 3.82. The Kier molecular flexibility index (Phi) is 8.93. The summed E-state index contributed by atoms with van der Waals surface area (Å²) in [4.78, 5) is 0. The molecule has 2 aromatic rings. The van der Waals surface area contributed by atoms with E-state index in [9.17, 15) is 5.11 Å². The lowest BCUT2D eigenvalue weighted by molar-refractivity contribution is 0.190. The normalized spacial score (nSPS) is 11.5. The number of hydrogen-bond acceptors (Lipinski definition) is 4. The van der Waals surface area contributed by atoms with E-state index >= 15 is 0 Å². The molecule has 0 saturated heterocycles. The van der Waals surface area contributed by atoms with Crippen molar-refractivity contribution in [1.82, 2.24) is 5.32 Å². The molecule has 0 aromatic heterocycles. The van der Waals surface area contributed by atoms with Gasteiger partial charge in [0.1, 0.15) is 6.61 Å². The smallest absolute Gasteiger partial charge is 0.166 e. The molecule has 132 valence electrons. The molecular weight excluding hydrogens is 349 g/mol. The van der Waals surface area contributed by atoms with Crippen molar-refractivity contribution in [2.45, 2.75) is 26.2 Å². The largest absolute Gasteiger partial charge is 0.493 e. The Morgan fingerprint density at radius 3 is 2.54 bits per heavy atom. The third-order valence-electron chi connectivity index (χ3n) is 3.30. The van der Waals surface area contributed by atoms with Crippen LogP contribution in [0.3, 0.4) is 0 Å². The van der Waals surface area contributed by atoms with Crippen molar-refractivity contribution in [1.29, 1.82) is 0 Å². The van der Waals surface area contributed by atoms with E-state index in [1.165, 1.54) is 0 Å². The highest BCUT2D eigenvalue weighted by molar-refractivity contribution is 6.30. The standard InChI is InChI=1S/C18H22ClNO3.ClH/c1-13(21)10-20-11-15-8-16(19)9-17(22-2)18(15)23-12-14-6-4-3-5-7-14;/h3-9,13,20-21H,10-12H2,1-2H3;1H. The van der Waals surface area contributed by atoms with Crippen molar-refractivity contribution in [2.24, 2.45) is 0 Å². The zero-order valence-electron chi connectivity index (χ0n) is 13.8. The van der Waals surface area contributed by atoms with E-state index in [0.717, 1.165) is 11.1 Å². The van der Waals surface area contributed by atoms with Crippen molar-refractivity contribution < 1.29 is 14.6 Å². The first-order valence-electron chi connectivity index (χ1n) is 7.52. The van der Waals surface area contributed by atoms with Gasteiger partial charge in [-0.2, -0.15) is 0 Å². The topological polar surface area (TPSA) is 50.7 Å². The fraction of sp³-hybridized carbons (Fsp3) is 0.333. The first-order valence-corrected chi connectivity index (χ1v) is 7.90. The van der Waals surface area contributed by atoms with Crippen LogP contribution in [0.2, 0.25) is 5.02 Å². The second-order valence-electron chi connectivity index (χ2n) is 5.35. The van der Waals surface area contributed by atoms with Gasteiger partial charge in [0.05, 0.1) is 13.2 Å². The van der Waals surface area contributed by atoms with E-state index in [4.69, 9.17) is 21.1 Å². The number of benzene rings is 2. The first kappa shape index (κ1) is 20.6. The number of methoxy groups -OCH3 is 1. The van der Waals surface area contributed by atoms with Crippen molar-refractivity contribution in [3.63, 3.8) is 0 Å². The second kappa shape index (κ2) is 10.4. The van der Waals surface area contributed by atoms with Crippen LogP contribution >= 0.6 is 24.0 Å². The van der Waals surface area contributed by atoms with Gasteiger partial charge in [-0.1, -0.05) is 41.9 Å². The van der Waals surface area contributed by atoms with E-state index in [0.29, 0.717) is 36.2 Å². The van der Waals surface area contributed by atoms with Gasteiger partial charge >= 0.3 is 0 Å². The maximum Gasteiger partial charge on any atom is 0.166 e. The molecule has 1 unspecified atom stereocenters. The minimum atomic E-state index is -0.412. The van der Waals surface area contributed by atoms with Crippen LogP contribution < -0.4 is 14.8 Å². The van der Waals surface area contributed by atoms with Gasteiger partial charge in [-0.3, -0.25) is 0 Å². The number of ether oxygens (including phenoxy) is 2. The van der Waals surface area contributed by atoms with Crippen LogP contribution in [0.5, 0.6) is 11.5 Å². The van der Waals surface area contributed by atoms with Crippen molar-refractivity contribution in [3.8, 4) is 11.5 Å². The van der Waals surface area contributed by atoms with Gasteiger partial charge in [-0.05, 0) is 18.6 Å². The Morgan fingerprint density at radius 1 is 1.21 bits per heavy atom. The van der Waals surface area contributed by atoms with Gasteiger partial charge in [0.25, 0.3) is 0 Å². The quantitative estimate of drug-likeness (QED) is 0.740. The average molecular weight is 372 g/mol. The highest BCUT2D eigenvalue weighted by Gasteiger charge is 2.13. The summed E-state index contributed by atoms with van der Waals surface area (Å²) in [6.45, 7) is 3.21. The average Bonchev–Trinajstić information content (AvgIpc) is 2.54. The molecule has 0 spiro atoms. The maximum absolute atomic E-state index is 9.36. The Balaban J connectivity index is 0.00000288. The molecule has 6 heteroatoms. The Morgan fingerprint density at radius 2 is 1.92 bits per heavy atom. The van der Waals surface area contributed by atoms with Crippen LogP contribution in [0.1, 0.15) is 18.1 Å². The van der Waals surface area contributed by atoms with E-state index in [1.54, 1.807) is 20.1 Å². The Hall–Kier alpha value is -1.46. The molecule has 0 bridgehead atoms. The maximum atomic E-state index is 9.36. The minimum absolute atomic E-state index is 0. The van der Waals surface area contributed by atoms with Crippen LogP contribution in [0, 0.1) is 0 Å². The van der Waals surface area contributed by atoms with Gasteiger partial charge in [-0.15, -0.1) is 12.4 Å². The third kappa shape index (κ3) is 6.21. The zero-order valence-corrected chi connectivity index (χ0v) is 15.4. The molecule has 2 N–H and O–H groups in total. The lowest BCUT2D eigenvalue weighted by Gasteiger charge is -2.17.